The Hall–Kier alpha value is -2.35. The molecule has 0 aliphatic rings. The van der Waals surface area contributed by atoms with E-state index in [0.717, 1.165) is 33.2 Å². The van der Waals surface area contributed by atoms with E-state index in [1.165, 1.54) is 0 Å². The summed E-state index contributed by atoms with van der Waals surface area (Å²) < 4.78 is 0. The number of nitrogens with one attached hydrogen (secondary N) is 1. The Kier molecular flexibility index (Phi) is 2.71. The molecule has 0 aliphatic carbocycles. The molecule has 19 heavy (non-hydrogen) atoms. The second-order valence-corrected chi connectivity index (χ2v) is 4.84. The number of para-hydroxylation sites is 1. The first-order valence-corrected chi connectivity index (χ1v) is 6.35. The third kappa shape index (κ3) is 1.85. The molecule has 2 aromatic carbocycles. The van der Waals surface area contributed by atoms with Crippen molar-refractivity contribution in [1.82, 2.24) is 4.98 Å². The highest BCUT2D eigenvalue weighted by molar-refractivity contribution is 6.17. The zero-order chi connectivity index (χ0) is 13.4. The van der Waals surface area contributed by atoms with Crippen LogP contribution >= 0.6 is 0 Å². The lowest BCUT2D eigenvalue weighted by molar-refractivity contribution is 0.103. The average molecular weight is 249 g/mol. The fraction of sp³-hybridized carbons (Fsp3) is 0.118. The molecule has 2 heteroatoms. The molecule has 2 nitrogen and oxygen atoms in total. The van der Waals surface area contributed by atoms with Crippen molar-refractivity contribution < 1.29 is 4.79 Å². The molecule has 3 aromatic rings. The minimum Gasteiger partial charge on any atom is -0.360 e. The van der Waals surface area contributed by atoms with Gasteiger partial charge in [-0.15, -0.1) is 0 Å². The fourth-order valence-electron chi connectivity index (χ4n) is 2.57. The number of rotatable bonds is 2. The maximum absolute atomic E-state index is 12.7. The van der Waals surface area contributed by atoms with Gasteiger partial charge in [-0.1, -0.05) is 36.4 Å². The summed E-state index contributed by atoms with van der Waals surface area (Å²) in [5.41, 5.74) is 4.60. The van der Waals surface area contributed by atoms with Crippen molar-refractivity contribution in [1.29, 1.82) is 0 Å². The summed E-state index contributed by atoms with van der Waals surface area (Å²) in [5.74, 6) is 0.0908. The van der Waals surface area contributed by atoms with E-state index in [-0.39, 0.29) is 5.78 Å². The third-order valence-electron chi connectivity index (χ3n) is 3.54. The summed E-state index contributed by atoms with van der Waals surface area (Å²) in [6.45, 7) is 3.96. The Morgan fingerprint density at radius 2 is 1.63 bits per heavy atom. The number of aromatic nitrogens is 1. The summed E-state index contributed by atoms with van der Waals surface area (Å²) in [5, 5.41) is 0.982. The van der Waals surface area contributed by atoms with Crippen LogP contribution in [0.2, 0.25) is 0 Å². The van der Waals surface area contributed by atoms with Gasteiger partial charge >= 0.3 is 0 Å². The molecule has 0 spiro atoms. The number of aromatic amines is 1. The summed E-state index contributed by atoms with van der Waals surface area (Å²) in [7, 11) is 0. The minimum atomic E-state index is 0.0908. The molecular formula is C17H15NO. The molecule has 0 saturated heterocycles. The van der Waals surface area contributed by atoms with Crippen LogP contribution in [0.3, 0.4) is 0 Å². The van der Waals surface area contributed by atoms with E-state index in [0.29, 0.717) is 0 Å². The highest BCUT2D eigenvalue weighted by Gasteiger charge is 2.17. The number of ketones is 1. The van der Waals surface area contributed by atoms with Gasteiger partial charge in [-0.25, -0.2) is 0 Å². The third-order valence-corrected chi connectivity index (χ3v) is 3.54. The van der Waals surface area contributed by atoms with E-state index in [9.17, 15) is 4.79 Å². The number of carbonyl (C=O) groups is 1. The molecule has 0 radical (unpaired) electrons. The van der Waals surface area contributed by atoms with E-state index < -0.39 is 0 Å². The SMILES string of the molecule is Cc1cccc(C)c1C(=O)c1c[nH]c2ccccc12. The van der Waals surface area contributed by atoms with Crippen molar-refractivity contribution in [3.8, 4) is 0 Å². The van der Waals surface area contributed by atoms with Gasteiger partial charge in [0.05, 0.1) is 0 Å². The van der Waals surface area contributed by atoms with Crippen LogP contribution in [0.5, 0.6) is 0 Å². The summed E-state index contributed by atoms with van der Waals surface area (Å²) in [4.78, 5) is 15.9. The number of aryl methyl sites for hydroxylation is 2. The molecule has 0 fully saturated rings. The van der Waals surface area contributed by atoms with Crippen LogP contribution in [0.1, 0.15) is 27.0 Å². The van der Waals surface area contributed by atoms with Gasteiger partial charge in [0.2, 0.25) is 0 Å². The molecule has 0 unspecified atom stereocenters. The molecule has 0 saturated carbocycles. The molecule has 0 bridgehead atoms. The van der Waals surface area contributed by atoms with E-state index in [2.05, 4.69) is 4.98 Å². The molecule has 0 aliphatic heterocycles. The van der Waals surface area contributed by atoms with Gasteiger partial charge in [0, 0.05) is 28.2 Å². The van der Waals surface area contributed by atoms with Gasteiger partial charge in [0.1, 0.15) is 0 Å². The van der Waals surface area contributed by atoms with Gasteiger partial charge < -0.3 is 4.98 Å². The number of fused-ring (bicyclic) bond motifs is 1. The van der Waals surface area contributed by atoms with Crippen LogP contribution < -0.4 is 0 Å². The van der Waals surface area contributed by atoms with Crippen molar-refractivity contribution in [3.05, 3.63) is 70.9 Å². The van der Waals surface area contributed by atoms with Crippen molar-refractivity contribution in [2.24, 2.45) is 0 Å². The highest BCUT2D eigenvalue weighted by atomic mass is 16.1. The van der Waals surface area contributed by atoms with Crippen LogP contribution in [0.25, 0.3) is 10.9 Å². The van der Waals surface area contributed by atoms with Crippen molar-refractivity contribution in [3.63, 3.8) is 0 Å². The Bertz CT molecular complexity index is 748. The van der Waals surface area contributed by atoms with Crippen LogP contribution in [0.4, 0.5) is 0 Å². The summed E-state index contributed by atoms with van der Waals surface area (Å²) in [6, 6.07) is 13.8. The molecule has 1 heterocycles. The van der Waals surface area contributed by atoms with Crippen LogP contribution in [0.15, 0.2) is 48.7 Å². The van der Waals surface area contributed by atoms with Gasteiger partial charge in [-0.2, -0.15) is 0 Å². The lowest BCUT2D eigenvalue weighted by Crippen LogP contribution is -2.05. The van der Waals surface area contributed by atoms with Crippen molar-refractivity contribution in [2.45, 2.75) is 13.8 Å². The van der Waals surface area contributed by atoms with E-state index in [4.69, 9.17) is 0 Å². The maximum Gasteiger partial charge on any atom is 0.195 e. The largest absolute Gasteiger partial charge is 0.360 e. The van der Waals surface area contributed by atoms with E-state index >= 15 is 0 Å². The minimum absolute atomic E-state index is 0.0908. The van der Waals surface area contributed by atoms with Gasteiger partial charge in [-0.3, -0.25) is 4.79 Å². The summed E-state index contributed by atoms with van der Waals surface area (Å²) in [6.07, 6.45) is 1.80. The number of hydrogen-bond acceptors (Lipinski definition) is 1. The van der Waals surface area contributed by atoms with Crippen LogP contribution in [0, 0.1) is 13.8 Å². The second-order valence-electron chi connectivity index (χ2n) is 4.84. The lowest BCUT2D eigenvalue weighted by atomic mass is 9.95. The van der Waals surface area contributed by atoms with Crippen molar-refractivity contribution >= 4 is 16.7 Å². The normalized spacial score (nSPS) is 10.8. The molecule has 94 valence electrons. The Balaban J connectivity index is 2.20. The highest BCUT2D eigenvalue weighted by Crippen LogP contribution is 2.24. The molecule has 3 rings (SSSR count). The van der Waals surface area contributed by atoms with Gasteiger partial charge in [0.15, 0.2) is 5.78 Å². The van der Waals surface area contributed by atoms with Gasteiger partial charge in [0.25, 0.3) is 0 Å². The molecule has 0 amide bonds. The quantitative estimate of drug-likeness (QED) is 0.684. The second kappa shape index (κ2) is 4.39. The van der Waals surface area contributed by atoms with Gasteiger partial charge in [-0.05, 0) is 31.0 Å². The average Bonchev–Trinajstić information content (AvgIpc) is 2.82. The Morgan fingerprint density at radius 3 is 2.37 bits per heavy atom. The zero-order valence-electron chi connectivity index (χ0n) is 11.0. The van der Waals surface area contributed by atoms with E-state index in [1.807, 2.05) is 56.3 Å². The fourth-order valence-corrected chi connectivity index (χ4v) is 2.57. The predicted molar refractivity (Wildman–Crippen MR) is 77.6 cm³/mol. The first-order valence-electron chi connectivity index (χ1n) is 6.35. The van der Waals surface area contributed by atoms with Crippen LogP contribution in [-0.4, -0.2) is 10.8 Å². The smallest absolute Gasteiger partial charge is 0.195 e. The number of carbonyl (C=O) groups excluding carboxylic acids is 1. The topological polar surface area (TPSA) is 32.9 Å². The summed E-state index contributed by atoms with van der Waals surface area (Å²) >= 11 is 0. The number of benzene rings is 2. The number of hydrogen-bond donors (Lipinski definition) is 1. The predicted octanol–water partition coefficient (Wildman–Crippen LogP) is 4.02. The zero-order valence-corrected chi connectivity index (χ0v) is 11.0. The Labute approximate surface area is 112 Å². The first-order chi connectivity index (χ1) is 9.18. The van der Waals surface area contributed by atoms with Crippen molar-refractivity contribution in [2.75, 3.05) is 0 Å². The van der Waals surface area contributed by atoms with Crippen LogP contribution in [-0.2, 0) is 0 Å². The molecular weight excluding hydrogens is 234 g/mol. The van der Waals surface area contributed by atoms with E-state index in [1.54, 1.807) is 6.20 Å². The monoisotopic (exact) mass is 249 g/mol. The Morgan fingerprint density at radius 1 is 0.947 bits per heavy atom. The molecule has 1 N–H and O–H groups in total. The first kappa shape index (κ1) is 11.7. The standard InChI is InChI=1S/C17H15NO/c1-11-6-5-7-12(2)16(11)17(19)14-10-18-15-9-4-3-8-13(14)15/h3-10,18H,1-2H3. The maximum atomic E-state index is 12.7. The molecule has 0 atom stereocenters. The lowest BCUT2D eigenvalue weighted by Gasteiger charge is -2.07. The number of H-pyrrole nitrogens is 1. The molecule has 1 aromatic heterocycles.